The number of nitrogens with one attached hydrogen (secondary N) is 1. The summed E-state index contributed by atoms with van der Waals surface area (Å²) in [5.41, 5.74) is -1.43. The molecule has 0 unspecified atom stereocenters. The van der Waals surface area contributed by atoms with Gasteiger partial charge in [-0.15, -0.1) is 11.3 Å². The van der Waals surface area contributed by atoms with Crippen molar-refractivity contribution in [3.05, 3.63) is 75.0 Å². The number of ether oxygens (including phenoxy) is 3. The average molecular weight is 556 g/mol. The quantitative estimate of drug-likeness (QED) is 0.273. The van der Waals surface area contributed by atoms with E-state index < -0.39 is 23.0 Å². The minimum atomic E-state index is -1.30. The van der Waals surface area contributed by atoms with Crippen LogP contribution in [0.5, 0.6) is 11.5 Å². The van der Waals surface area contributed by atoms with E-state index in [1.54, 1.807) is 74.7 Å². The van der Waals surface area contributed by atoms with Crippen LogP contribution in [0.15, 0.2) is 58.7 Å². The highest BCUT2D eigenvalue weighted by molar-refractivity contribution is 7.16. The highest BCUT2D eigenvalue weighted by atomic mass is 35.5. The number of aromatic nitrogens is 2. The fourth-order valence-corrected chi connectivity index (χ4v) is 4.67. The molecule has 0 spiro atoms. The van der Waals surface area contributed by atoms with Crippen LogP contribution in [-0.4, -0.2) is 40.5 Å². The second-order valence-corrected chi connectivity index (χ2v) is 9.90. The molecule has 2 heterocycles. The third-order valence-corrected chi connectivity index (χ3v) is 6.62. The summed E-state index contributed by atoms with van der Waals surface area (Å²) in [6, 6.07) is 13.4. The van der Waals surface area contributed by atoms with Crippen LogP contribution in [0.4, 0.5) is 5.00 Å². The Morgan fingerprint density at radius 3 is 2.32 bits per heavy atom. The van der Waals surface area contributed by atoms with Gasteiger partial charge in [-0.1, -0.05) is 11.6 Å². The van der Waals surface area contributed by atoms with Crippen molar-refractivity contribution in [3.63, 3.8) is 0 Å². The summed E-state index contributed by atoms with van der Waals surface area (Å²) < 4.78 is 17.7. The smallest absolute Gasteiger partial charge is 0.359 e. The molecule has 11 heteroatoms. The first-order chi connectivity index (χ1) is 18.1. The zero-order valence-corrected chi connectivity index (χ0v) is 22.8. The Balaban J connectivity index is 1.75. The number of hydrogen-bond donors (Lipinski definition) is 1. The van der Waals surface area contributed by atoms with Crippen LogP contribution in [0.2, 0.25) is 5.02 Å². The molecular weight excluding hydrogens is 530 g/mol. The maximum atomic E-state index is 13.6. The van der Waals surface area contributed by atoms with E-state index in [4.69, 9.17) is 25.8 Å². The number of amides is 1. The Bertz CT molecular complexity index is 1530. The standard InChI is InChI=1S/C27H26ClN3O6S/c1-5-35-18-13-9-17(10-14-18)31-24(32)21-20(22(30-31)25(33)36-6-2)15-38-23(21)29-26(34)27(3,4)37-19-11-7-16(28)8-12-19/h7-15H,5-6H2,1-4H3,(H,29,34). The van der Waals surface area contributed by atoms with Crippen LogP contribution in [0.25, 0.3) is 16.5 Å². The highest BCUT2D eigenvalue weighted by Gasteiger charge is 2.32. The number of anilines is 1. The van der Waals surface area contributed by atoms with Gasteiger partial charge in [0.2, 0.25) is 0 Å². The van der Waals surface area contributed by atoms with E-state index in [-0.39, 0.29) is 28.1 Å². The van der Waals surface area contributed by atoms with Gasteiger partial charge in [0.25, 0.3) is 11.5 Å². The van der Waals surface area contributed by atoms with Crippen LogP contribution < -0.4 is 20.3 Å². The largest absolute Gasteiger partial charge is 0.494 e. The van der Waals surface area contributed by atoms with Crippen molar-refractivity contribution in [3.8, 4) is 17.2 Å². The summed E-state index contributed by atoms with van der Waals surface area (Å²) in [5.74, 6) is -0.0865. The normalized spacial score (nSPS) is 11.3. The lowest BCUT2D eigenvalue weighted by molar-refractivity contribution is -0.128. The molecule has 0 aliphatic carbocycles. The lowest BCUT2D eigenvalue weighted by atomic mass is 10.1. The topological polar surface area (TPSA) is 109 Å². The number of fused-ring (bicyclic) bond motifs is 1. The molecule has 9 nitrogen and oxygen atoms in total. The number of rotatable bonds is 9. The molecule has 38 heavy (non-hydrogen) atoms. The van der Waals surface area contributed by atoms with E-state index in [0.717, 1.165) is 16.0 Å². The molecule has 0 saturated carbocycles. The lowest BCUT2D eigenvalue weighted by Crippen LogP contribution is -2.42. The van der Waals surface area contributed by atoms with Gasteiger partial charge >= 0.3 is 5.97 Å². The minimum Gasteiger partial charge on any atom is -0.494 e. The maximum Gasteiger partial charge on any atom is 0.359 e. The lowest BCUT2D eigenvalue weighted by Gasteiger charge is -2.25. The van der Waals surface area contributed by atoms with Gasteiger partial charge in [0.05, 0.1) is 24.3 Å². The highest BCUT2D eigenvalue weighted by Crippen LogP contribution is 2.32. The minimum absolute atomic E-state index is 0.0382. The monoisotopic (exact) mass is 555 g/mol. The molecule has 0 aliphatic heterocycles. The molecule has 0 bridgehead atoms. The average Bonchev–Trinajstić information content (AvgIpc) is 3.30. The molecular formula is C27H26ClN3O6S. The maximum absolute atomic E-state index is 13.6. The van der Waals surface area contributed by atoms with Gasteiger partial charge in [-0.3, -0.25) is 9.59 Å². The zero-order chi connectivity index (χ0) is 27.4. The van der Waals surface area contributed by atoms with E-state index in [9.17, 15) is 14.4 Å². The number of halogens is 1. The number of carbonyl (C=O) groups excluding carboxylic acids is 2. The van der Waals surface area contributed by atoms with Gasteiger partial charge in [-0.2, -0.15) is 9.78 Å². The van der Waals surface area contributed by atoms with Gasteiger partial charge in [0.1, 0.15) is 16.5 Å². The summed E-state index contributed by atoms with van der Waals surface area (Å²) in [7, 11) is 0. The van der Waals surface area contributed by atoms with Crippen LogP contribution in [0, 0.1) is 0 Å². The molecule has 0 atom stereocenters. The van der Waals surface area contributed by atoms with Crippen molar-refractivity contribution < 1.29 is 23.8 Å². The van der Waals surface area contributed by atoms with E-state index >= 15 is 0 Å². The first-order valence-corrected chi connectivity index (χ1v) is 13.1. The molecule has 198 valence electrons. The van der Waals surface area contributed by atoms with Gasteiger partial charge in [0, 0.05) is 15.8 Å². The van der Waals surface area contributed by atoms with Gasteiger partial charge < -0.3 is 19.5 Å². The number of carbonyl (C=O) groups is 2. The summed E-state index contributed by atoms with van der Waals surface area (Å²) >= 11 is 7.04. The molecule has 4 rings (SSSR count). The van der Waals surface area contributed by atoms with Crippen LogP contribution in [-0.2, 0) is 9.53 Å². The molecule has 2 aromatic heterocycles. The van der Waals surface area contributed by atoms with E-state index in [1.165, 1.54) is 0 Å². The molecule has 2 aromatic carbocycles. The Morgan fingerprint density at radius 1 is 1.03 bits per heavy atom. The van der Waals surface area contributed by atoms with Gasteiger partial charge in [0.15, 0.2) is 11.3 Å². The van der Waals surface area contributed by atoms with E-state index in [0.29, 0.717) is 28.8 Å². The summed E-state index contributed by atoms with van der Waals surface area (Å²) in [6.45, 7) is 7.39. The summed E-state index contributed by atoms with van der Waals surface area (Å²) in [6.07, 6.45) is 0. The van der Waals surface area contributed by atoms with E-state index in [2.05, 4.69) is 10.4 Å². The SMILES string of the molecule is CCOC(=O)c1nn(-c2ccc(OCC)cc2)c(=O)c2c(NC(=O)C(C)(C)Oc3ccc(Cl)cc3)scc12. The predicted molar refractivity (Wildman–Crippen MR) is 147 cm³/mol. The number of benzene rings is 2. The summed E-state index contributed by atoms with van der Waals surface area (Å²) in [5, 5.41) is 9.93. The van der Waals surface area contributed by atoms with Crippen molar-refractivity contribution in [2.75, 3.05) is 18.5 Å². The van der Waals surface area contributed by atoms with E-state index in [1.807, 2.05) is 6.92 Å². The first-order valence-electron chi connectivity index (χ1n) is 11.9. The van der Waals surface area contributed by atoms with Crippen LogP contribution in [0.3, 0.4) is 0 Å². The number of thiophene rings is 1. The second kappa shape index (κ2) is 11.2. The second-order valence-electron chi connectivity index (χ2n) is 8.59. The molecule has 0 saturated heterocycles. The first kappa shape index (κ1) is 27.2. The fraction of sp³-hybridized carbons (Fsp3) is 0.259. The van der Waals surface area contributed by atoms with Crippen LogP contribution in [0.1, 0.15) is 38.2 Å². The van der Waals surface area contributed by atoms with Crippen molar-refractivity contribution in [2.45, 2.75) is 33.3 Å². The summed E-state index contributed by atoms with van der Waals surface area (Å²) in [4.78, 5) is 39.7. The van der Waals surface area contributed by atoms with Crippen molar-refractivity contribution >= 4 is 50.6 Å². The third-order valence-electron chi connectivity index (χ3n) is 5.47. The Hall–Kier alpha value is -3.89. The molecule has 0 radical (unpaired) electrons. The molecule has 1 N–H and O–H groups in total. The third kappa shape index (κ3) is 5.66. The number of nitrogens with zero attached hydrogens (tertiary/aromatic N) is 2. The zero-order valence-electron chi connectivity index (χ0n) is 21.2. The van der Waals surface area contributed by atoms with Crippen LogP contribution >= 0.6 is 22.9 Å². The Labute approximate surface area is 227 Å². The van der Waals surface area contributed by atoms with Gasteiger partial charge in [-0.25, -0.2) is 4.79 Å². The molecule has 0 fully saturated rings. The van der Waals surface area contributed by atoms with Crippen molar-refractivity contribution in [1.82, 2.24) is 9.78 Å². The fourth-order valence-electron chi connectivity index (χ4n) is 3.61. The Kier molecular flexibility index (Phi) is 8.03. The number of esters is 1. The predicted octanol–water partition coefficient (Wildman–Crippen LogP) is 5.47. The van der Waals surface area contributed by atoms with Gasteiger partial charge in [-0.05, 0) is 76.2 Å². The molecule has 0 aliphatic rings. The molecule has 1 amide bonds. The van der Waals surface area contributed by atoms with Crippen molar-refractivity contribution in [1.29, 1.82) is 0 Å². The Morgan fingerprint density at radius 2 is 1.68 bits per heavy atom. The van der Waals surface area contributed by atoms with Crippen molar-refractivity contribution in [2.24, 2.45) is 0 Å². The molecule has 4 aromatic rings. The number of hydrogen-bond acceptors (Lipinski definition) is 8.